The fourth-order valence-corrected chi connectivity index (χ4v) is 2.96. The largest absolute Gasteiger partial charge is 0.494 e. The third kappa shape index (κ3) is 4.07. The predicted octanol–water partition coefficient (Wildman–Crippen LogP) is 5.06. The molecular weight excluding hydrogens is 387 g/mol. The van der Waals surface area contributed by atoms with Crippen molar-refractivity contribution in [1.82, 2.24) is 0 Å². The predicted molar refractivity (Wildman–Crippen MR) is 108 cm³/mol. The summed E-state index contributed by atoms with van der Waals surface area (Å²) in [6.07, 6.45) is 1.64. The average Bonchev–Trinajstić information content (AvgIpc) is 3.05. The fraction of sp³-hybridized carbons (Fsp3) is 0.0833. The molecule has 0 aromatic heterocycles. The van der Waals surface area contributed by atoms with Crippen LogP contribution < -0.4 is 14.2 Å². The highest BCUT2D eigenvalue weighted by atomic mass is 19.1. The van der Waals surface area contributed by atoms with Crippen LogP contribution in [-0.4, -0.2) is 18.4 Å². The highest BCUT2D eigenvalue weighted by Gasteiger charge is 2.28. The van der Waals surface area contributed by atoms with Gasteiger partial charge in [0.1, 0.15) is 23.1 Å². The number of rotatable bonds is 5. The lowest BCUT2D eigenvalue weighted by atomic mass is 10.1. The summed E-state index contributed by atoms with van der Waals surface area (Å²) in [4.78, 5) is 24.8. The molecule has 3 aromatic carbocycles. The van der Waals surface area contributed by atoms with Crippen molar-refractivity contribution in [3.8, 4) is 17.2 Å². The van der Waals surface area contributed by atoms with Crippen LogP contribution in [0.25, 0.3) is 6.08 Å². The molecule has 3 aromatic rings. The number of allylic oxidation sites excluding steroid dienone is 1. The van der Waals surface area contributed by atoms with E-state index >= 15 is 0 Å². The van der Waals surface area contributed by atoms with Crippen LogP contribution in [0.5, 0.6) is 17.2 Å². The SMILES string of the molecule is CCOc1ccc(/C=C2\Oc3cc(OC(=O)c4ccc(F)cc4)ccc3C2=O)cc1. The molecule has 0 bridgehead atoms. The number of hydrogen-bond acceptors (Lipinski definition) is 5. The Hall–Kier alpha value is -3.93. The lowest BCUT2D eigenvalue weighted by Crippen LogP contribution is -2.08. The molecule has 30 heavy (non-hydrogen) atoms. The van der Waals surface area contributed by atoms with Gasteiger partial charge in [0.15, 0.2) is 5.76 Å². The maximum Gasteiger partial charge on any atom is 0.343 e. The molecule has 0 aliphatic carbocycles. The molecule has 0 atom stereocenters. The molecule has 0 fully saturated rings. The van der Waals surface area contributed by atoms with Crippen molar-refractivity contribution in [3.05, 3.63) is 95.0 Å². The van der Waals surface area contributed by atoms with E-state index in [1.165, 1.54) is 36.4 Å². The summed E-state index contributed by atoms with van der Waals surface area (Å²) in [5, 5.41) is 0. The second-order valence-corrected chi connectivity index (χ2v) is 6.50. The van der Waals surface area contributed by atoms with Crippen molar-refractivity contribution in [2.24, 2.45) is 0 Å². The standard InChI is InChI=1S/C24H17FO5/c1-2-28-18-9-3-15(4-10-18)13-22-23(26)20-12-11-19(14-21(20)30-22)29-24(27)16-5-7-17(25)8-6-16/h3-14H,2H2,1H3/b22-13-. The van der Waals surface area contributed by atoms with Gasteiger partial charge in [0, 0.05) is 6.07 Å². The third-order valence-corrected chi connectivity index (χ3v) is 4.42. The van der Waals surface area contributed by atoms with Crippen molar-refractivity contribution in [1.29, 1.82) is 0 Å². The van der Waals surface area contributed by atoms with Crippen LogP contribution in [0, 0.1) is 5.82 Å². The van der Waals surface area contributed by atoms with E-state index in [1.54, 1.807) is 12.1 Å². The van der Waals surface area contributed by atoms with Crippen LogP contribution >= 0.6 is 0 Å². The van der Waals surface area contributed by atoms with Crippen LogP contribution in [-0.2, 0) is 0 Å². The van der Waals surface area contributed by atoms with Crippen LogP contribution in [0.3, 0.4) is 0 Å². The molecule has 1 aliphatic rings. The van der Waals surface area contributed by atoms with Crippen LogP contribution in [0.15, 0.2) is 72.5 Å². The smallest absolute Gasteiger partial charge is 0.343 e. The number of Topliss-reactive ketones (excluding diaryl/α,β-unsaturated/α-hetero) is 1. The Morgan fingerprint density at radius 2 is 1.70 bits per heavy atom. The quantitative estimate of drug-likeness (QED) is 0.338. The molecule has 0 saturated carbocycles. The second kappa shape index (κ2) is 8.21. The van der Waals surface area contributed by atoms with Gasteiger partial charge in [-0.25, -0.2) is 9.18 Å². The number of benzene rings is 3. The second-order valence-electron chi connectivity index (χ2n) is 6.50. The maximum atomic E-state index is 13.0. The topological polar surface area (TPSA) is 61.8 Å². The molecule has 0 radical (unpaired) electrons. The number of carbonyl (C=O) groups is 2. The molecule has 0 saturated heterocycles. The molecular formula is C24H17FO5. The van der Waals surface area contributed by atoms with Crippen molar-refractivity contribution >= 4 is 17.8 Å². The maximum absolute atomic E-state index is 13.0. The summed E-state index contributed by atoms with van der Waals surface area (Å²) < 4.78 is 29.4. The molecule has 1 aliphatic heterocycles. The Bertz CT molecular complexity index is 1130. The number of ether oxygens (including phenoxy) is 3. The summed E-state index contributed by atoms with van der Waals surface area (Å²) in [6.45, 7) is 2.48. The Balaban J connectivity index is 1.50. The highest BCUT2D eigenvalue weighted by molar-refractivity contribution is 6.14. The van der Waals surface area contributed by atoms with Gasteiger partial charge in [-0.1, -0.05) is 12.1 Å². The van der Waals surface area contributed by atoms with E-state index in [2.05, 4.69) is 0 Å². The highest BCUT2D eigenvalue weighted by Crippen LogP contribution is 2.35. The van der Waals surface area contributed by atoms with E-state index in [4.69, 9.17) is 14.2 Å². The number of halogens is 1. The van der Waals surface area contributed by atoms with E-state index in [0.717, 1.165) is 11.3 Å². The Morgan fingerprint density at radius 3 is 2.40 bits per heavy atom. The molecule has 5 nitrogen and oxygen atoms in total. The number of fused-ring (bicyclic) bond motifs is 1. The zero-order chi connectivity index (χ0) is 21.1. The molecule has 1 heterocycles. The van der Waals surface area contributed by atoms with Gasteiger partial charge in [-0.2, -0.15) is 0 Å². The van der Waals surface area contributed by atoms with Crippen LogP contribution in [0.4, 0.5) is 4.39 Å². The molecule has 0 N–H and O–H groups in total. The van der Waals surface area contributed by atoms with E-state index in [0.29, 0.717) is 17.9 Å². The Labute approximate surface area is 172 Å². The summed E-state index contributed by atoms with van der Waals surface area (Å²) in [5.74, 6) is 0.118. The zero-order valence-corrected chi connectivity index (χ0v) is 16.1. The van der Waals surface area contributed by atoms with Crippen molar-refractivity contribution < 1.29 is 28.2 Å². The summed E-state index contributed by atoms with van der Waals surface area (Å²) in [7, 11) is 0. The summed E-state index contributed by atoms with van der Waals surface area (Å²) >= 11 is 0. The lowest BCUT2D eigenvalue weighted by molar-refractivity contribution is 0.0734. The van der Waals surface area contributed by atoms with E-state index in [9.17, 15) is 14.0 Å². The first-order valence-corrected chi connectivity index (χ1v) is 9.32. The minimum absolute atomic E-state index is 0.177. The lowest BCUT2D eigenvalue weighted by Gasteiger charge is -2.05. The van der Waals surface area contributed by atoms with Crippen molar-refractivity contribution in [2.45, 2.75) is 6.92 Å². The normalized spacial score (nSPS) is 13.7. The first-order valence-electron chi connectivity index (χ1n) is 9.32. The Kier molecular flexibility index (Phi) is 5.30. The first kappa shape index (κ1) is 19.4. The van der Waals surface area contributed by atoms with Gasteiger partial charge in [-0.15, -0.1) is 0 Å². The van der Waals surface area contributed by atoms with Gasteiger partial charge in [0.25, 0.3) is 0 Å². The Morgan fingerprint density at radius 1 is 1.00 bits per heavy atom. The number of esters is 1. The van der Waals surface area contributed by atoms with Gasteiger partial charge in [0.05, 0.1) is 17.7 Å². The van der Waals surface area contributed by atoms with Gasteiger partial charge in [-0.05, 0) is 67.1 Å². The van der Waals surface area contributed by atoms with E-state index < -0.39 is 11.8 Å². The molecule has 150 valence electrons. The van der Waals surface area contributed by atoms with Gasteiger partial charge in [-0.3, -0.25) is 4.79 Å². The van der Waals surface area contributed by atoms with Gasteiger partial charge < -0.3 is 14.2 Å². The third-order valence-electron chi connectivity index (χ3n) is 4.42. The summed E-state index contributed by atoms with van der Waals surface area (Å²) in [5.41, 5.74) is 1.39. The van der Waals surface area contributed by atoms with Crippen molar-refractivity contribution in [3.63, 3.8) is 0 Å². The summed E-state index contributed by atoms with van der Waals surface area (Å²) in [6, 6.07) is 16.9. The fourth-order valence-electron chi connectivity index (χ4n) is 2.96. The van der Waals surface area contributed by atoms with E-state index in [-0.39, 0.29) is 22.9 Å². The van der Waals surface area contributed by atoms with Crippen molar-refractivity contribution in [2.75, 3.05) is 6.61 Å². The van der Waals surface area contributed by atoms with Crippen LogP contribution in [0.1, 0.15) is 33.2 Å². The van der Waals surface area contributed by atoms with E-state index in [1.807, 2.05) is 31.2 Å². The molecule has 0 spiro atoms. The molecule has 0 amide bonds. The number of ketones is 1. The first-order chi connectivity index (χ1) is 14.5. The van der Waals surface area contributed by atoms with Gasteiger partial charge in [0.2, 0.25) is 5.78 Å². The minimum atomic E-state index is -0.635. The molecule has 0 unspecified atom stereocenters. The zero-order valence-electron chi connectivity index (χ0n) is 16.1. The molecule has 6 heteroatoms. The van der Waals surface area contributed by atoms with Crippen LogP contribution in [0.2, 0.25) is 0 Å². The monoisotopic (exact) mass is 404 g/mol. The average molecular weight is 404 g/mol. The minimum Gasteiger partial charge on any atom is -0.494 e. The van der Waals surface area contributed by atoms with Gasteiger partial charge >= 0.3 is 5.97 Å². The number of hydrogen-bond donors (Lipinski definition) is 0. The molecule has 4 rings (SSSR count). The number of carbonyl (C=O) groups excluding carboxylic acids is 2.